The Bertz CT molecular complexity index is 537. The van der Waals surface area contributed by atoms with Crippen LogP contribution >= 0.6 is 0 Å². The van der Waals surface area contributed by atoms with Gasteiger partial charge in [0.25, 0.3) is 0 Å². The molecule has 0 radical (unpaired) electrons. The summed E-state index contributed by atoms with van der Waals surface area (Å²) in [5.74, 6) is 0.268. The largest absolute Gasteiger partial charge is 0.299 e. The van der Waals surface area contributed by atoms with Crippen molar-refractivity contribution in [1.82, 2.24) is 10.2 Å². The predicted molar refractivity (Wildman–Crippen MR) is 57.7 cm³/mol. The van der Waals surface area contributed by atoms with Crippen LogP contribution in [0.25, 0.3) is 10.9 Å². The van der Waals surface area contributed by atoms with E-state index in [-0.39, 0.29) is 11.2 Å². The van der Waals surface area contributed by atoms with Gasteiger partial charge in [0.1, 0.15) is 5.78 Å². The minimum Gasteiger partial charge on any atom is -0.299 e. The first-order chi connectivity index (χ1) is 7.24. The summed E-state index contributed by atoms with van der Waals surface area (Å²) < 4.78 is 0. The highest BCUT2D eigenvalue weighted by Gasteiger charge is 2.49. The molecule has 1 aromatic carbocycles. The monoisotopic (exact) mass is 200 g/mol. The standard InChI is InChI=1S/C12H12N2O/c1-8(15)12(5-6-12)10-4-2-3-9-7-13-14-11(9)10/h2-4,7H,5-6H2,1H3,(H,13,14). The zero-order chi connectivity index (χ0) is 10.5. The van der Waals surface area contributed by atoms with Crippen LogP contribution in [-0.2, 0) is 10.2 Å². The molecule has 0 amide bonds. The lowest BCUT2D eigenvalue weighted by atomic mass is 9.91. The first kappa shape index (κ1) is 8.65. The van der Waals surface area contributed by atoms with Gasteiger partial charge < -0.3 is 0 Å². The van der Waals surface area contributed by atoms with E-state index in [4.69, 9.17) is 0 Å². The molecule has 1 aliphatic rings. The van der Waals surface area contributed by atoms with Gasteiger partial charge in [0.15, 0.2) is 0 Å². The molecule has 15 heavy (non-hydrogen) atoms. The van der Waals surface area contributed by atoms with Crippen LogP contribution in [-0.4, -0.2) is 16.0 Å². The third-order valence-electron chi connectivity index (χ3n) is 3.42. The second-order valence-corrected chi connectivity index (χ2v) is 4.28. The molecule has 2 aromatic rings. The summed E-state index contributed by atoms with van der Waals surface area (Å²) in [5, 5.41) is 8.10. The van der Waals surface area contributed by atoms with E-state index in [9.17, 15) is 4.79 Å². The molecule has 76 valence electrons. The fraction of sp³-hybridized carbons (Fsp3) is 0.333. The fourth-order valence-corrected chi connectivity index (χ4v) is 2.30. The van der Waals surface area contributed by atoms with E-state index < -0.39 is 0 Å². The third-order valence-corrected chi connectivity index (χ3v) is 3.42. The molecule has 0 bridgehead atoms. The number of nitrogens with one attached hydrogen (secondary N) is 1. The summed E-state index contributed by atoms with van der Waals surface area (Å²) in [6, 6.07) is 6.05. The predicted octanol–water partition coefficient (Wildman–Crippen LogP) is 2.18. The average molecular weight is 200 g/mol. The molecule has 0 saturated heterocycles. The van der Waals surface area contributed by atoms with Gasteiger partial charge in [-0.05, 0) is 25.3 Å². The summed E-state index contributed by atoms with van der Waals surface area (Å²) in [6.45, 7) is 1.68. The Kier molecular flexibility index (Phi) is 1.55. The molecule has 1 aliphatic carbocycles. The molecule has 0 aliphatic heterocycles. The van der Waals surface area contributed by atoms with Crippen LogP contribution in [0.5, 0.6) is 0 Å². The summed E-state index contributed by atoms with van der Waals surface area (Å²) >= 11 is 0. The van der Waals surface area contributed by atoms with Crippen molar-refractivity contribution in [1.29, 1.82) is 0 Å². The molecule has 0 unspecified atom stereocenters. The van der Waals surface area contributed by atoms with Gasteiger partial charge in [-0.1, -0.05) is 18.2 Å². The number of ketones is 1. The van der Waals surface area contributed by atoms with Gasteiger partial charge in [-0.2, -0.15) is 5.10 Å². The minimum absolute atomic E-state index is 0.216. The highest BCUT2D eigenvalue weighted by Crippen LogP contribution is 2.50. The minimum atomic E-state index is -0.216. The van der Waals surface area contributed by atoms with E-state index in [1.165, 1.54) is 0 Å². The smallest absolute Gasteiger partial charge is 0.140 e. The number of fused-ring (bicyclic) bond motifs is 1. The van der Waals surface area contributed by atoms with Crippen LogP contribution in [0.1, 0.15) is 25.3 Å². The Morgan fingerprint density at radius 2 is 2.27 bits per heavy atom. The van der Waals surface area contributed by atoms with Crippen molar-refractivity contribution in [2.75, 3.05) is 0 Å². The number of hydrogen-bond donors (Lipinski definition) is 1. The van der Waals surface area contributed by atoms with Gasteiger partial charge in [-0.15, -0.1) is 0 Å². The van der Waals surface area contributed by atoms with Crippen LogP contribution in [0.15, 0.2) is 24.4 Å². The maximum Gasteiger partial charge on any atom is 0.140 e. The molecule has 1 aromatic heterocycles. The first-order valence-electron chi connectivity index (χ1n) is 5.18. The highest BCUT2D eigenvalue weighted by molar-refractivity contribution is 5.96. The van der Waals surface area contributed by atoms with Crippen molar-refractivity contribution in [2.45, 2.75) is 25.2 Å². The van der Waals surface area contributed by atoms with Gasteiger partial charge in [0, 0.05) is 5.39 Å². The van der Waals surface area contributed by atoms with E-state index >= 15 is 0 Å². The van der Waals surface area contributed by atoms with Gasteiger partial charge in [-0.3, -0.25) is 9.89 Å². The molecular weight excluding hydrogens is 188 g/mol. The summed E-state index contributed by atoms with van der Waals surface area (Å²) in [6.07, 6.45) is 3.75. The molecule has 3 heteroatoms. The highest BCUT2D eigenvalue weighted by atomic mass is 16.1. The van der Waals surface area contributed by atoms with Crippen molar-refractivity contribution in [3.63, 3.8) is 0 Å². The normalized spacial score (nSPS) is 17.9. The molecule has 0 atom stereocenters. The SMILES string of the molecule is CC(=O)C1(c2cccc3cn[nH]c23)CC1. The summed E-state index contributed by atoms with van der Waals surface area (Å²) in [5.41, 5.74) is 1.92. The Labute approximate surface area is 87.5 Å². The Morgan fingerprint density at radius 1 is 1.47 bits per heavy atom. The topological polar surface area (TPSA) is 45.8 Å². The van der Waals surface area contributed by atoms with Crippen molar-refractivity contribution < 1.29 is 4.79 Å². The number of hydrogen-bond acceptors (Lipinski definition) is 2. The van der Waals surface area contributed by atoms with E-state index in [0.717, 1.165) is 29.3 Å². The van der Waals surface area contributed by atoms with Gasteiger partial charge in [-0.25, -0.2) is 0 Å². The molecule has 1 N–H and O–H groups in total. The van der Waals surface area contributed by atoms with Crippen LogP contribution in [0, 0.1) is 0 Å². The average Bonchev–Trinajstić information content (AvgIpc) is 2.89. The van der Waals surface area contributed by atoms with Crippen LogP contribution in [0.3, 0.4) is 0 Å². The Morgan fingerprint density at radius 3 is 2.93 bits per heavy atom. The van der Waals surface area contributed by atoms with E-state index in [0.29, 0.717) is 0 Å². The van der Waals surface area contributed by atoms with E-state index in [2.05, 4.69) is 10.2 Å². The lowest BCUT2D eigenvalue weighted by Gasteiger charge is -2.12. The van der Waals surface area contributed by atoms with E-state index in [1.54, 1.807) is 13.1 Å². The molecule has 0 spiro atoms. The second kappa shape index (κ2) is 2.69. The Balaban J connectivity index is 2.27. The number of carbonyl (C=O) groups excluding carboxylic acids is 1. The number of rotatable bonds is 2. The fourth-order valence-electron chi connectivity index (χ4n) is 2.30. The zero-order valence-electron chi connectivity index (χ0n) is 8.58. The summed E-state index contributed by atoms with van der Waals surface area (Å²) in [7, 11) is 0. The summed E-state index contributed by atoms with van der Waals surface area (Å²) in [4.78, 5) is 11.7. The molecule has 1 fully saturated rings. The van der Waals surface area contributed by atoms with E-state index in [1.807, 2.05) is 18.2 Å². The van der Waals surface area contributed by atoms with Gasteiger partial charge in [0.05, 0.1) is 17.1 Å². The van der Waals surface area contributed by atoms with Gasteiger partial charge >= 0.3 is 0 Å². The number of benzene rings is 1. The van der Waals surface area contributed by atoms with Crippen molar-refractivity contribution in [3.8, 4) is 0 Å². The number of para-hydroxylation sites is 1. The quantitative estimate of drug-likeness (QED) is 0.807. The number of aromatic nitrogens is 2. The number of H-pyrrole nitrogens is 1. The molecule has 1 heterocycles. The molecular formula is C12H12N2O. The zero-order valence-corrected chi connectivity index (χ0v) is 8.58. The number of aromatic amines is 1. The van der Waals surface area contributed by atoms with Crippen molar-refractivity contribution >= 4 is 16.7 Å². The maximum absolute atomic E-state index is 11.7. The lowest BCUT2D eigenvalue weighted by Crippen LogP contribution is -2.17. The lowest BCUT2D eigenvalue weighted by molar-refractivity contribution is -0.119. The first-order valence-corrected chi connectivity index (χ1v) is 5.18. The Hall–Kier alpha value is -1.64. The number of nitrogens with zero attached hydrogens (tertiary/aromatic N) is 1. The van der Waals surface area contributed by atoms with Crippen LogP contribution in [0.2, 0.25) is 0 Å². The second-order valence-electron chi connectivity index (χ2n) is 4.28. The number of carbonyl (C=O) groups is 1. The van der Waals surface area contributed by atoms with Crippen molar-refractivity contribution in [2.24, 2.45) is 0 Å². The van der Waals surface area contributed by atoms with Gasteiger partial charge in [0.2, 0.25) is 0 Å². The maximum atomic E-state index is 11.7. The third kappa shape index (κ3) is 1.06. The molecule has 1 saturated carbocycles. The molecule has 3 rings (SSSR count). The molecule has 3 nitrogen and oxygen atoms in total. The van der Waals surface area contributed by atoms with Crippen molar-refractivity contribution in [3.05, 3.63) is 30.0 Å². The number of Topliss-reactive ketones (excluding diaryl/α,β-unsaturated/α-hetero) is 1. The van der Waals surface area contributed by atoms with Crippen LogP contribution in [0.4, 0.5) is 0 Å². The van der Waals surface area contributed by atoms with Crippen LogP contribution < -0.4 is 0 Å².